The summed E-state index contributed by atoms with van der Waals surface area (Å²) in [5.41, 5.74) is 2.81. The third kappa shape index (κ3) is 4.00. The molecule has 0 fully saturated rings. The van der Waals surface area contributed by atoms with Gasteiger partial charge in [-0.15, -0.1) is 0 Å². The van der Waals surface area contributed by atoms with E-state index in [1.54, 1.807) is 29.2 Å². The molecule has 3 aromatic carbocycles. The maximum Gasteiger partial charge on any atom is 0.331 e. The maximum absolute atomic E-state index is 13.4. The van der Waals surface area contributed by atoms with Gasteiger partial charge < -0.3 is 4.90 Å². The zero-order chi connectivity index (χ0) is 22.8. The van der Waals surface area contributed by atoms with E-state index in [4.69, 9.17) is 0 Å². The number of anilines is 1. The number of carbonyl (C=O) groups is 1. The summed E-state index contributed by atoms with van der Waals surface area (Å²) < 4.78 is 2.70. The zero-order valence-electron chi connectivity index (χ0n) is 18.3. The molecule has 0 aliphatic carbocycles. The van der Waals surface area contributed by atoms with E-state index < -0.39 is 5.69 Å². The molecule has 166 valence electrons. The summed E-state index contributed by atoms with van der Waals surface area (Å²) in [6.07, 6.45) is 2.38. The van der Waals surface area contributed by atoms with E-state index in [1.807, 2.05) is 54.6 Å². The van der Waals surface area contributed by atoms with Gasteiger partial charge in [-0.2, -0.15) is 0 Å². The number of benzene rings is 3. The third-order valence-corrected chi connectivity index (χ3v) is 6.30. The molecule has 4 aromatic rings. The van der Waals surface area contributed by atoms with Crippen LogP contribution in [0.25, 0.3) is 10.9 Å². The highest BCUT2D eigenvalue weighted by Gasteiger charge is 2.24. The predicted octanol–water partition coefficient (Wildman–Crippen LogP) is 3.39. The van der Waals surface area contributed by atoms with Gasteiger partial charge in [-0.05, 0) is 48.6 Å². The van der Waals surface area contributed by atoms with Crippen molar-refractivity contribution in [1.82, 2.24) is 9.13 Å². The van der Waals surface area contributed by atoms with Gasteiger partial charge >= 0.3 is 5.69 Å². The summed E-state index contributed by atoms with van der Waals surface area (Å²) in [6, 6.07) is 24.7. The Kier molecular flexibility index (Phi) is 5.65. The van der Waals surface area contributed by atoms with Gasteiger partial charge in [-0.3, -0.25) is 18.7 Å². The van der Waals surface area contributed by atoms with Crippen LogP contribution in [0.15, 0.2) is 88.5 Å². The number of para-hydroxylation sites is 2. The van der Waals surface area contributed by atoms with Crippen molar-refractivity contribution in [2.75, 3.05) is 11.4 Å². The Morgan fingerprint density at radius 3 is 2.39 bits per heavy atom. The molecule has 0 unspecified atom stereocenters. The van der Waals surface area contributed by atoms with Gasteiger partial charge in [0.2, 0.25) is 5.91 Å². The lowest BCUT2D eigenvalue weighted by atomic mass is 10.0. The number of hydrogen-bond acceptors (Lipinski definition) is 3. The van der Waals surface area contributed by atoms with Crippen molar-refractivity contribution in [3.8, 4) is 0 Å². The molecule has 6 heteroatoms. The predicted molar refractivity (Wildman–Crippen MR) is 130 cm³/mol. The summed E-state index contributed by atoms with van der Waals surface area (Å²) >= 11 is 0. The monoisotopic (exact) mass is 439 g/mol. The second kappa shape index (κ2) is 8.90. The van der Waals surface area contributed by atoms with Crippen molar-refractivity contribution in [3.05, 3.63) is 111 Å². The number of aromatic nitrogens is 2. The molecule has 5 rings (SSSR count). The smallest absolute Gasteiger partial charge is 0.311 e. The van der Waals surface area contributed by atoms with Crippen LogP contribution in [0.2, 0.25) is 0 Å². The van der Waals surface area contributed by atoms with Crippen LogP contribution in [0.5, 0.6) is 0 Å². The third-order valence-electron chi connectivity index (χ3n) is 6.30. The van der Waals surface area contributed by atoms with Gasteiger partial charge in [0, 0.05) is 18.8 Å². The van der Waals surface area contributed by atoms with Crippen LogP contribution in [0.3, 0.4) is 0 Å². The SMILES string of the molecule is O=C(Cn1c(=O)n(CCc2ccccc2)c(=O)c2ccccc21)N1CCCc2ccccc21. The lowest BCUT2D eigenvalue weighted by molar-refractivity contribution is -0.119. The molecule has 0 atom stereocenters. The normalized spacial score (nSPS) is 13.2. The number of nitrogens with zero attached hydrogens (tertiary/aromatic N) is 3. The van der Waals surface area contributed by atoms with Gasteiger partial charge in [0.15, 0.2) is 0 Å². The van der Waals surface area contributed by atoms with E-state index in [9.17, 15) is 14.4 Å². The van der Waals surface area contributed by atoms with Crippen molar-refractivity contribution in [3.63, 3.8) is 0 Å². The van der Waals surface area contributed by atoms with Crippen LogP contribution >= 0.6 is 0 Å². The van der Waals surface area contributed by atoms with Gasteiger partial charge in [0.05, 0.1) is 10.9 Å². The fourth-order valence-electron chi connectivity index (χ4n) is 4.62. The van der Waals surface area contributed by atoms with Gasteiger partial charge in [-0.25, -0.2) is 4.79 Å². The first-order valence-electron chi connectivity index (χ1n) is 11.3. The minimum Gasteiger partial charge on any atom is -0.311 e. The summed E-state index contributed by atoms with van der Waals surface area (Å²) in [4.78, 5) is 41.7. The number of aryl methyl sites for hydroxylation is 2. The molecule has 1 amide bonds. The lowest BCUT2D eigenvalue weighted by Gasteiger charge is -2.30. The molecule has 6 nitrogen and oxygen atoms in total. The first kappa shape index (κ1) is 20.9. The average Bonchev–Trinajstić information content (AvgIpc) is 2.86. The fourth-order valence-corrected chi connectivity index (χ4v) is 4.62. The summed E-state index contributed by atoms with van der Waals surface area (Å²) in [5, 5.41) is 0.442. The highest BCUT2D eigenvalue weighted by Crippen LogP contribution is 2.27. The Labute approximate surface area is 191 Å². The first-order chi connectivity index (χ1) is 16.1. The van der Waals surface area contributed by atoms with Gasteiger partial charge in [0.1, 0.15) is 6.54 Å². The summed E-state index contributed by atoms with van der Waals surface area (Å²) in [6.45, 7) is 0.767. The van der Waals surface area contributed by atoms with Crippen molar-refractivity contribution >= 4 is 22.5 Å². The average molecular weight is 440 g/mol. The Morgan fingerprint density at radius 1 is 0.818 bits per heavy atom. The van der Waals surface area contributed by atoms with Gasteiger partial charge in [-0.1, -0.05) is 60.7 Å². The van der Waals surface area contributed by atoms with Crippen LogP contribution in [-0.2, 0) is 30.7 Å². The van der Waals surface area contributed by atoms with Crippen molar-refractivity contribution in [1.29, 1.82) is 0 Å². The summed E-state index contributed by atoms with van der Waals surface area (Å²) in [7, 11) is 0. The topological polar surface area (TPSA) is 64.3 Å². The molecule has 2 heterocycles. The molecule has 0 N–H and O–H groups in total. The molecule has 1 aromatic heterocycles. The van der Waals surface area contributed by atoms with E-state index in [-0.39, 0.29) is 24.6 Å². The van der Waals surface area contributed by atoms with E-state index in [2.05, 4.69) is 0 Å². The zero-order valence-corrected chi connectivity index (χ0v) is 18.3. The van der Waals surface area contributed by atoms with Crippen molar-refractivity contribution in [2.24, 2.45) is 0 Å². The standard InChI is InChI=1S/C27H25N3O3/c31-25(28-17-8-12-21-11-4-6-14-23(21)28)19-30-24-15-7-5-13-22(24)26(32)29(27(30)33)18-16-20-9-2-1-3-10-20/h1-7,9-11,13-15H,8,12,16-19H2. The van der Waals surface area contributed by atoms with Crippen LogP contribution in [0.1, 0.15) is 17.5 Å². The molecule has 0 saturated carbocycles. The number of amides is 1. The molecule has 0 spiro atoms. The van der Waals surface area contributed by atoms with Crippen LogP contribution in [-0.4, -0.2) is 21.6 Å². The Hall–Kier alpha value is -3.93. The van der Waals surface area contributed by atoms with E-state index in [0.29, 0.717) is 23.9 Å². The molecule has 33 heavy (non-hydrogen) atoms. The Balaban J connectivity index is 1.53. The summed E-state index contributed by atoms with van der Waals surface area (Å²) in [5.74, 6) is -0.150. The number of hydrogen-bond donors (Lipinski definition) is 0. The number of fused-ring (bicyclic) bond motifs is 2. The second-order valence-corrected chi connectivity index (χ2v) is 8.36. The highest BCUT2D eigenvalue weighted by molar-refractivity contribution is 5.95. The largest absolute Gasteiger partial charge is 0.331 e. The quantitative estimate of drug-likeness (QED) is 0.479. The van der Waals surface area contributed by atoms with E-state index in [0.717, 1.165) is 29.7 Å². The Morgan fingerprint density at radius 2 is 1.55 bits per heavy atom. The number of rotatable bonds is 5. The lowest BCUT2D eigenvalue weighted by Crippen LogP contribution is -2.44. The maximum atomic E-state index is 13.4. The highest BCUT2D eigenvalue weighted by atomic mass is 16.2. The van der Waals surface area contributed by atoms with E-state index >= 15 is 0 Å². The minimum absolute atomic E-state index is 0.112. The van der Waals surface area contributed by atoms with Crippen LogP contribution in [0.4, 0.5) is 5.69 Å². The molecular formula is C27H25N3O3. The van der Waals surface area contributed by atoms with E-state index in [1.165, 1.54) is 9.13 Å². The Bertz CT molecular complexity index is 1440. The van der Waals surface area contributed by atoms with Crippen LogP contribution in [0, 0.1) is 0 Å². The molecule has 1 aliphatic rings. The fraction of sp³-hybridized carbons (Fsp3) is 0.222. The minimum atomic E-state index is -0.451. The molecule has 0 bridgehead atoms. The van der Waals surface area contributed by atoms with Gasteiger partial charge in [0.25, 0.3) is 5.56 Å². The first-order valence-corrected chi connectivity index (χ1v) is 11.3. The molecule has 0 saturated heterocycles. The molecule has 1 aliphatic heterocycles. The van der Waals surface area contributed by atoms with Crippen LogP contribution < -0.4 is 16.1 Å². The number of carbonyl (C=O) groups excluding carboxylic acids is 1. The molecule has 0 radical (unpaired) electrons. The second-order valence-electron chi connectivity index (χ2n) is 8.36. The van der Waals surface area contributed by atoms with Crippen molar-refractivity contribution < 1.29 is 4.79 Å². The van der Waals surface area contributed by atoms with Crippen molar-refractivity contribution in [2.45, 2.75) is 32.4 Å². The molecular weight excluding hydrogens is 414 g/mol.